The van der Waals surface area contributed by atoms with E-state index in [1.165, 1.54) is 0 Å². The summed E-state index contributed by atoms with van der Waals surface area (Å²) < 4.78 is 10.3. The van der Waals surface area contributed by atoms with E-state index in [-0.39, 0.29) is 15.8 Å². The van der Waals surface area contributed by atoms with Gasteiger partial charge in [0.15, 0.2) is 6.29 Å². The summed E-state index contributed by atoms with van der Waals surface area (Å²) in [7, 11) is 1.50. The molecule has 0 rings (SSSR count). The van der Waals surface area contributed by atoms with Crippen LogP contribution in [0.4, 0.5) is 0 Å². The Labute approximate surface area is 76.9 Å². The van der Waals surface area contributed by atoms with Crippen molar-refractivity contribution in [1.82, 2.24) is 0 Å². The Morgan fingerprint density at radius 2 is 2.18 bits per heavy atom. The van der Waals surface area contributed by atoms with Crippen LogP contribution in [0.3, 0.4) is 0 Å². The van der Waals surface area contributed by atoms with Crippen LogP contribution in [0.15, 0.2) is 0 Å². The normalized spacial score (nSPS) is 17.5. The molecule has 0 N–H and O–H groups in total. The lowest BCUT2D eigenvalue weighted by molar-refractivity contribution is -0.0959. The molecule has 0 saturated carbocycles. The third-order valence-corrected chi connectivity index (χ3v) is 4.46. The van der Waals surface area contributed by atoms with E-state index in [1.807, 2.05) is 6.92 Å². The summed E-state index contributed by atoms with van der Waals surface area (Å²) in [4.78, 5) is 0.596. The zero-order valence-electron chi connectivity index (χ0n) is 7.54. The van der Waals surface area contributed by atoms with Crippen LogP contribution in [-0.4, -0.2) is 34.0 Å². The monoisotopic (exact) mass is 194 g/mol. The second-order valence-electron chi connectivity index (χ2n) is 2.52. The number of thiol groups is 1. The smallest absolute Gasteiger partial charge is 0.153 e. The zero-order chi connectivity index (χ0) is 8.69. The van der Waals surface area contributed by atoms with Crippen molar-refractivity contribution < 1.29 is 9.47 Å². The largest absolute Gasteiger partial charge is 0.357 e. The first-order chi connectivity index (χ1) is 5.20. The van der Waals surface area contributed by atoms with E-state index in [2.05, 4.69) is 19.6 Å². The van der Waals surface area contributed by atoms with Crippen LogP contribution in [0.1, 0.15) is 20.3 Å². The molecule has 0 aromatic carbocycles. The number of methoxy groups -OCH3 is 1. The van der Waals surface area contributed by atoms with Gasteiger partial charge >= 0.3 is 0 Å². The molecule has 0 spiro atoms. The summed E-state index contributed by atoms with van der Waals surface area (Å²) in [6, 6.07) is 0. The van der Waals surface area contributed by atoms with Crippen LogP contribution in [0.2, 0.25) is 0 Å². The van der Waals surface area contributed by atoms with Gasteiger partial charge in [-0.2, -0.15) is 12.6 Å². The number of hydrogen-bond acceptors (Lipinski definition) is 3. The number of rotatable bonds is 6. The fourth-order valence-corrected chi connectivity index (χ4v) is 2.11. The molecule has 0 bridgehead atoms. The van der Waals surface area contributed by atoms with Gasteiger partial charge < -0.3 is 9.47 Å². The molecule has 0 saturated heterocycles. The lowest BCUT2D eigenvalue weighted by atomic mass is 10.6. The quantitative estimate of drug-likeness (QED) is 0.383. The Balaban J connectivity index is 3.13. The van der Waals surface area contributed by atoms with Crippen LogP contribution in [0.5, 0.6) is 0 Å². The Morgan fingerprint density at radius 3 is 2.64 bits per heavy atom. The highest BCUT2D eigenvalue weighted by Crippen LogP contribution is 1.98. The molecule has 68 valence electrons. The summed E-state index contributed by atoms with van der Waals surface area (Å²) in [6.07, 6.45) is 1.97. The average Bonchev–Trinajstić information content (AvgIpc) is 2.04. The molecular formula is C7H18O2SSi. The SMILES string of the molecule is CCC(S)[SiH2]COC(C)OC. The summed E-state index contributed by atoms with van der Waals surface area (Å²) in [6.45, 7) is 4.07. The van der Waals surface area contributed by atoms with Gasteiger partial charge in [0.05, 0.1) is 9.52 Å². The molecule has 0 amide bonds. The third-order valence-electron chi connectivity index (χ3n) is 1.61. The van der Waals surface area contributed by atoms with Crippen LogP contribution in [0.25, 0.3) is 0 Å². The zero-order valence-corrected chi connectivity index (χ0v) is 9.85. The average molecular weight is 194 g/mol. The summed E-state index contributed by atoms with van der Waals surface area (Å²) in [5.74, 6) is 0. The van der Waals surface area contributed by atoms with Crippen LogP contribution < -0.4 is 0 Å². The summed E-state index contributed by atoms with van der Waals surface area (Å²) in [5.41, 5.74) is 0. The molecule has 11 heavy (non-hydrogen) atoms. The molecule has 0 aliphatic rings. The molecule has 0 aromatic rings. The van der Waals surface area contributed by atoms with Gasteiger partial charge in [0, 0.05) is 13.3 Å². The van der Waals surface area contributed by atoms with E-state index in [0.29, 0.717) is 4.87 Å². The van der Waals surface area contributed by atoms with Gasteiger partial charge in [0.2, 0.25) is 0 Å². The Hall–Kier alpha value is 0.487. The van der Waals surface area contributed by atoms with Gasteiger partial charge in [-0.1, -0.05) is 6.92 Å². The van der Waals surface area contributed by atoms with Crippen molar-refractivity contribution >= 4 is 22.1 Å². The molecule has 2 unspecified atom stereocenters. The summed E-state index contributed by atoms with van der Waals surface area (Å²) >= 11 is 4.40. The molecular weight excluding hydrogens is 176 g/mol. The molecule has 0 heterocycles. The van der Waals surface area contributed by atoms with Crippen molar-refractivity contribution in [2.24, 2.45) is 0 Å². The van der Waals surface area contributed by atoms with E-state index < -0.39 is 0 Å². The third kappa shape index (κ3) is 6.87. The van der Waals surface area contributed by atoms with Gasteiger partial charge in [-0.25, -0.2) is 0 Å². The van der Waals surface area contributed by atoms with Gasteiger partial charge in [0.1, 0.15) is 0 Å². The van der Waals surface area contributed by atoms with Crippen molar-refractivity contribution in [2.45, 2.75) is 31.4 Å². The maximum Gasteiger partial charge on any atom is 0.153 e. The van der Waals surface area contributed by atoms with Crippen molar-refractivity contribution in [2.75, 3.05) is 13.3 Å². The van der Waals surface area contributed by atoms with E-state index in [4.69, 9.17) is 9.47 Å². The predicted molar refractivity (Wildman–Crippen MR) is 54.0 cm³/mol. The van der Waals surface area contributed by atoms with E-state index >= 15 is 0 Å². The second-order valence-corrected chi connectivity index (χ2v) is 5.91. The molecule has 2 nitrogen and oxygen atoms in total. The Morgan fingerprint density at radius 1 is 1.55 bits per heavy atom. The number of hydrogen-bond donors (Lipinski definition) is 1. The molecule has 0 radical (unpaired) electrons. The van der Waals surface area contributed by atoms with Crippen molar-refractivity contribution in [3.05, 3.63) is 0 Å². The minimum Gasteiger partial charge on any atom is -0.357 e. The van der Waals surface area contributed by atoms with Gasteiger partial charge in [-0.15, -0.1) is 0 Å². The first-order valence-electron chi connectivity index (χ1n) is 4.03. The fraction of sp³-hybridized carbons (Fsp3) is 1.00. The van der Waals surface area contributed by atoms with Crippen LogP contribution in [0, 0.1) is 0 Å². The second kappa shape index (κ2) is 7.15. The molecule has 4 heteroatoms. The topological polar surface area (TPSA) is 18.5 Å². The fourth-order valence-electron chi connectivity index (χ4n) is 0.642. The highest BCUT2D eigenvalue weighted by Gasteiger charge is 2.02. The lowest BCUT2D eigenvalue weighted by Gasteiger charge is -2.12. The van der Waals surface area contributed by atoms with E-state index in [9.17, 15) is 0 Å². The highest BCUT2D eigenvalue weighted by atomic mass is 32.1. The predicted octanol–water partition coefficient (Wildman–Crippen LogP) is 0.788. The Bertz CT molecular complexity index is 82.5. The van der Waals surface area contributed by atoms with E-state index in [1.54, 1.807) is 7.11 Å². The molecule has 2 atom stereocenters. The minimum absolute atomic E-state index is 0.0557. The maximum atomic E-state index is 5.35. The molecule has 0 aliphatic carbocycles. The van der Waals surface area contributed by atoms with Gasteiger partial charge in [0.25, 0.3) is 0 Å². The lowest BCUT2D eigenvalue weighted by Crippen LogP contribution is -2.20. The van der Waals surface area contributed by atoms with E-state index in [0.717, 1.165) is 12.7 Å². The first kappa shape index (κ1) is 11.5. The standard InChI is InChI=1S/C7H18O2SSi/c1-4-7(10)11-5-9-6(2)8-3/h6-7,10H,4-5,11H2,1-3H3. The first-order valence-corrected chi connectivity index (χ1v) is 6.36. The van der Waals surface area contributed by atoms with Crippen LogP contribution in [-0.2, 0) is 9.47 Å². The van der Waals surface area contributed by atoms with Crippen molar-refractivity contribution in [3.8, 4) is 0 Å². The molecule has 0 fully saturated rings. The minimum atomic E-state index is -0.154. The highest BCUT2D eigenvalue weighted by molar-refractivity contribution is 7.82. The van der Waals surface area contributed by atoms with Crippen LogP contribution >= 0.6 is 12.6 Å². The van der Waals surface area contributed by atoms with Crippen molar-refractivity contribution in [3.63, 3.8) is 0 Å². The number of ether oxygens (including phenoxy) is 2. The van der Waals surface area contributed by atoms with Crippen molar-refractivity contribution in [1.29, 1.82) is 0 Å². The Kier molecular flexibility index (Phi) is 7.47. The molecule has 0 aromatic heterocycles. The van der Waals surface area contributed by atoms with Gasteiger partial charge in [-0.05, 0) is 18.2 Å². The summed E-state index contributed by atoms with van der Waals surface area (Å²) in [5, 5.41) is 0. The maximum absolute atomic E-state index is 5.35. The van der Waals surface area contributed by atoms with Gasteiger partial charge in [-0.3, -0.25) is 0 Å². The molecule has 0 aliphatic heterocycles.